The van der Waals surface area contributed by atoms with Gasteiger partial charge in [0.25, 0.3) is 0 Å². The van der Waals surface area contributed by atoms with Crippen LogP contribution in [0.3, 0.4) is 0 Å². The van der Waals surface area contributed by atoms with Crippen molar-refractivity contribution in [3.05, 3.63) is 0 Å². The van der Waals surface area contributed by atoms with Gasteiger partial charge in [-0.1, -0.05) is 6.42 Å². The van der Waals surface area contributed by atoms with Crippen molar-refractivity contribution in [3.63, 3.8) is 0 Å². The van der Waals surface area contributed by atoms with Crippen molar-refractivity contribution in [3.8, 4) is 0 Å². The number of carbonyl (C=O) groups excluding carboxylic acids is 1. The monoisotopic (exact) mass is 270 g/mol. The highest BCUT2D eigenvalue weighted by molar-refractivity contribution is 5.69. The lowest BCUT2D eigenvalue weighted by Gasteiger charge is -2.45. The van der Waals surface area contributed by atoms with Crippen LogP contribution >= 0.6 is 0 Å². The van der Waals surface area contributed by atoms with Crippen LogP contribution in [-0.2, 0) is 9.53 Å². The zero-order valence-corrected chi connectivity index (χ0v) is 11.8. The molecule has 1 saturated carbocycles. The van der Waals surface area contributed by atoms with E-state index in [1.165, 1.54) is 26.4 Å². The van der Waals surface area contributed by atoms with Crippen molar-refractivity contribution >= 4 is 5.97 Å². The highest BCUT2D eigenvalue weighted by Gasteiger charge is 2.34. The summed E-state index contributed by atoms with van der Waals surface area (Å²) in [6, 6.07) is 1.09. The van der Waals surface area contributed by atoms with Crippen LogP contribution in [0.1, 0.15) is 32.1 Å². The molecule has 0 bridgehead atoms. The fourth-order valence-electron chi connectivity index (χ4n) is 3.17. The van der Waals surface area contributed by atoms with Crippen LogP contribution in [0.25, 0.3) is 0 Å². The number of hydrogen-bond donors (Lipinski definition) is 2. The second-order valence-corrected chi connectivity index (χ2v) is 5.80. The number of likely N-dealkylation sites (tertiary alicyclic amines) is 1. The van der Waals surface area contributed by atoms with E-state index in [1.807, 2.05) is 0 Å². The molecule has 1 aliphatic heterocycles. The van der Waals surface area contributed by atoms with Crippen molar-refractivity contribution in [2.45, 2.75) is 44.2 Å². The van der Waals surface area contributed by atoms with Gasteiger partial charge in [0.15, 0.2) is 0 Å². The molecule has 0 aromatic heterocycles. The van der Waals surface area contributed by atoms with Crippen LogP contribution in [0.4, 0.5) is 0 Å². The molecule has 0 spiro atoms. The maximum absolute atomic E-state index is 11.5. The number of piperidine rings is 1. The third-order valence-electron chi connectivity index (χ3n) is 4.38. The van der Waals surface area contributed by atoms with Gasteiger partial charge >= 0.3 is 5.97 Å². The molecule has 1 saturated heterocycles. The average Bonchev–Trinajstić information content (AvgIpc) is 2.34. The van der Waals surface area contributed by atoms with E-state index in [2.05, 4.69) is 10.2 Å². The Bertz CT molecular complexity index is 294. The van der Waals surface area contributed by atoms with Crippen LogP contribution in [0, 0.1) is 5.92 Å². The maximum atomic E-state index is 11.5. The Labute approximate surface area is 115 Å². The summed E-state index contributed by atoms with van der Waals surface area (Å²) >= 11 is 0. The van der Waals surface area contributed by atoms with Crippen molar-refractivity contribution in [2.24, 2.45) is 5.92 Å². The summed E-state index contributed by atoms with van der Waals surface area (Å²) in [5, 5.41) is 12.3. The average molecular weight is 270 g/mol. The maximum Gasteiger partial charge on any atom is 0.305 e. The van der Waals surface area contributed by atoms with Crippen molar-refractivity contribution < 1.29 is 14.6 Å². The molecule has 2 N–H and O–H groups in total. The van der Waals surface area contributed by atoms with Gasteiger partial charge in [0.05, 0.1) is 13.7 Å². The summed E-state index contributed by atoms with van der Waals surface area (Å²) in [5.74, 6) is 0.263. The molecule has 2 atom stereocenters. The van der Waals surface area contributed by atoms with Crippen LogP contribution in [0.15, 0.2) is 0 Å². The summed E-state index contributed by atoms with van der Waals surface area (Å²) < 4.78 is 4.79. The molecule has 2 unspecified atom stereocenters. The van der Waals surface area contributed by atoms with Crippen LogP contribution < -0.4 is 5.32 Å². The molecule has 1 aliphatic carbocycles. The van der Waals surface area contributed by atoms with E-state index in [0.29, 0.717) is 31.0 Å². The Morgan fingerprint density at radius 1 is 1.42 bits per heavy atom. The minimum atomic E-state index is -0.110. The predicted octanol–water partition coefficient (Wildman–Crippen LogP) is 0.374. The highest BCUT2D eigenvalue weighted by atomic mass is 16.5. The first kappa shape index (κ1) is 14.8. The summed E-state index contributed by atoms with van der Waals surface area (Å²) in [6.45, 7) is 2.86. The summed E-state index contributed by atoms with van der Waals surface area (Å²) in [5.41, 5.74) is 0. The molecule has 0 aromatic rings. The van der Waals surface area contributed by atoms with Gasteiger partial charge in [-0.25, -0.2) is 0 Å². The number of nitrogens with zero attached hydrogens (tertiary/aromatic N) is 1. The van der Waals surface area contributed by atoms with E-state index < -0.39 is 0 Å². The van der Waals surface area contributed by atoms with E-state index >= 15 is 0 Å². The lowest BCUT2D eigenvalue weighted by Crippen LogP contribution is -2.54. The number of methoxy groups -OCH3 is 1. The van der Waals surface area contributed by atoms with E-state index in [0.717, 1.165) is 19.5 Å². The van der Waals surface area contributed by atoms with Gasteiger partial charge in [0.2, 0.25) is 0 Å². The van der Waals surface area contributed by atoms with Gasteiger partial charge in [-0.05, 0) is 25.2 Å². The van der Waals surface area contributed by atoms with Gasteiger partial charge in [-0.15, -0.1) is 0 Å². The van der Waals surface area contributed by atoms with Gasteiger partial charge in [-0.2, -0.15) is 0 Å². The Morgan fingerprint density at radius 2 is 2.21 bits per heavy atom. The Balaban J connectivity index is 1.88. The Kier molecular flexibility index (Phi) is 5.60. The predicted molar refractivity (Wildman–Crippen MR) is 72.8 cm³/mol. The lowest BCUT2D eigenvalue weighted by atomic mass is 9.85. The minimum absolute atomic E-state index is 0.110. The van der Waals surface area contributed by atoms with Crippen LogP contribution in [0.5, 0.6) is 0 Å². The third kappa shape index (κ3) is 4.16. The Hall–Kier alpha value is -0.650. The van der Waals surface area contributed by atoms with E-state index in [4.69, 9.17) is 9.84 Å². The van der Waals surface area contributed by atoms with Gasteiger partial charge in [0, 0.05) is 38.1 Å². The van der Waals surface area contributed by atoms with E-state index in [9.17, 15) is 4.79 Å². The number of carbonyl (C=O) groups is 1. The number of nitrogens with one attached hydrogen (secondary N) is 1. The molecule has 0 amide bonds. The molecular formula is C14H26N2O3. The molecule has 5 nitrogen and oxygen atoms in total. The standard InChI is InChI=1S/C14H26N2O3/c1-19-14(18)8-11-7-12(15-5-6-17)10-16(9-11)13-3-2-4-13/h11-13,15,17H,2-10H2,1H3. The third-order valence-corrected chi connectivity index (χ3v) is 4.38. The molecule has 2 rings (SSSR count). The fourth-order valence-corrected chi connectivity index (χ4v) is 3.17. The number of aliphatic hydroxyl groups is 1. The molecule has 2 fully saturated rings. The van der Waals surface area contributed by atoms with E-state index in [-0.39, 0.29) is 12.6 Å². The zero-order valence-electron chi connectivity index (χ0n) is 11.8. The molecular weight excluding hydrogens is 244 g/mol. The second kappa shape index (κ2) is 7.22. The van der Waals surface area contributed by atoms with Crippen LogP contribution in [0.2, 0.25) is 0 Å². The first-order valence-electron chi connectivity index (χ1n) is 7.38. The molecule has 1 heterocycles. The molecule has 0 aromatic carbocycles. The van der Waals surface area contributed by atoms with Gasteiger partial charge in [-0.3, -0.25) is 9.69 Å². The largest absolute Gasteiger partial charge is 0.469 e. The molecule has 2 aliphatic rings. The van der Waals surface area contributed by atoms with Crippen molar-refractivity contribution in [1.29, 1.82) is 0 Å². The SMILES string of the molecule is COC(=O)CC1CC(NCCO)CN(C2CCC2)C1. The minimum Gasteiger partial charge on any atom is -0.469 e. The number of ether oxygens (including phenoxy) is 1. The quantitative estimate of drug-likeness (QED) is 0.683. The number of aliphatic hydroxyl groups excluding tert-OH is 1. The Morgan fingerprint density at radius 3 is 2.79 bits per heavy atom. The normalized spacial score (nSPS) is 28.9. The smallest absolute Gasteiger partial charge is 0.305 e. The first-order valence-corrected chi connectivity index (χ1v) is 7.38. The topological polar surface area (TPSA) is 61.8 Å². The second-order valence-electron chi connectivity index (χ2n) is 5.80. The summed E-state index contributed by atoms with van der Waals surface area (Å²) in [4.78, 5) is 14.0. The summed E-state index contributed by atoms with van der Waals surface area (Å²) in [6.07, 6.45) is 5.42. The first-order chi connectivity index (χ1) is 9.22. The number of rotatable bonds is 6. The molecule has 5 heteroatoms. The van der Waals surface area contributed by atoms with E-state index in [1.54, 1.807) is 0 Å². The zero-order chi connectivity index (χ0) is 13.7. The van der Waals surface area contributed by atoms with Crippen molar-refractivity contribution in [1.82, 2.24) is 10.2 Å². The molecule has 110 valence electrons. The lowest BCUT2D eigenvalue weighted by molar-refractivity contribution is -0.142. The number of hydrogen-bond acceptors (Lipinski definition) is 5. The van der Waals surface area contributed by atoms with Gasteiger partial charge < -0.3 is 15.2 Å². The highest BCUT2D eigenvalue weighted by Crippen LogP contribution is 2.30. The van der Waals surface area contributed by atoms with Crippen LogP contribution in [-0.4, -0.2) is 61.4 Å². The molecule has 0 radical (unpaired) electrons. The fraction of sp³-hybridized carbons (Fsp3) is 0.929. The molecule has 19 heavy (non-hydrogen) atoms. The van der Waals surface area contributed by atoms with Crippen molar-refractivity contribution in [2.75, 3.05) is 33.4 Å². The van der Waals surface area contributed by atoms with Gasteiger partial charge in [0.1, 0.15) is 0 Å². The number of esters is 1. The summed E-state index contributed by atoms with van der Waals surface area (Å²) in [7, 11) is 1.45.